The van der Waals surface area contributed by atoms with Gasteiger partial charge < -0.3 is 5.32 Å². The van der Waals surface area contributed by atoms with E-state index < -0.39 is 5.54 Å². The summed E-state index contributed by atoms with van der Waals surface area (Å²) in [6, 6.07) is 9.69. The van der Waals surface area contributed by atoms with Crippen molar-refractivity contribution in [1.29, 1.82) is 0 Å². The number of hydrogen-bond donors (Lipinski definition) is 1. The van der Waals surface area contributed by atoms with Crippen molar-refractivity contribution in [2.24, 2.45) is 5.10 Å². The highest BCUT2D eigenvalue weighted by molar-refractivity contribution is 6.09. The van der Waals surface area contributed by atoms with E-state index in [1.807, 2.05) is 44.2 Å². The molecule has 1 aromatic rings. The smallest absolute Gasteiger partial charge is 0.326 e. The fourth-order valence-electron chi connectivity index (χ4n) is 1.74. The van der Waals surface area contributed by atoms with Crippen LogP contribution in [0.4, 0.5) is 4.79 Å². The fourth-order valence-corrected chi connectivity index (χ4v) is 1.74. The molecule has 2 rings (SSSR count). The predicted molar refractivity (Wildman–Crippen MR) is 63.4 cm³/mol. The van der Waals surface area contributed by atoms with Crippen LogP contribution >= 0.6 is 0 Å². The highest BCUT2D eigenvalue weighted by Gasteiger charge is 2.34. The highest BCUT2D eigenvalue weighted by Crippen LogP contribution is 2.18. The van der Waals surface area contributed by atoms with Gasteiger partial charge in [0.15, 0.2) is 0 Å². The summed E-state index contributed by atoms with van der Waals surface area (Å²) >= 11 is 0. The Labute approximate surface area is 95.0 Å². The average Bonchev–Trinajstić information content (AvgIpc) is 2.24. The zero-order valence-corrected chi connectivity index (χ0v) is 9.69. The Hall–Kier alpha value is -1.84. The number of urea groups is 1. The molecule has 0 aromatic heterocycles. The normalized spacial score (nSPS) is 19.1. The van der Waals surface area contributed by atoms with Crippen LogP contribution in [0.15, 0.2) is 35.4 Å². The van der Waals surface area contributed by atoms with E-state index in [0.717, 1.165) is 11.3 Å². The summed E-state index contributed by atoms with van der Waals surface area (Å²) in [5, 5.41) is 8.56. The molecular formula is C12H15N3O. The highest BCUT2D eigenvalue weighted by atomic mass is 16.2. The second kappa shape index (κ2) is 3.63. The van der Waals surface area contributed by atoms with Gasteiger partial charge in [-0.25, -0.2) is 9.80 Å². The number of nitrogens with one attached hydrogen (secondary N) is 1. The molecule has 1 N–H and O–H groups in total. The third-order valence-corrected chi connectivity index (χ3v) is 2.60. The zero-order chi connectivity index (χ0) is 11.8. The molecule has 1 aliphatic rings. The van der Waals surface area contributed by atoms with Gasteiger partial charge in [0, 0.05) is 12.6 Å². The minimum Gasteiger partial charge on any atom is -0.326 e. The van der Waals surface area contributed by atoms with Crippen molar-refractivity contribution in [1.82, 2.24) is 10.3 Å². The minimum absolute atomic E-state index is 0.176. The molecule has 0 unspecified atom stereocenters. The Balaban J connectivity index is 2.47. The van der Waals surface area contributed by atoms with E-state index in [4.69, 9.17) is 0 Å². The quantitative estimate of drug-likeness (QED) is 0.766. The number of carbonyl (C=O) groups excluding carboxylic acids is 1. The summed E-state index contributed by atoms with van der Waals surface area (Å²) < 4.78 is 0. The van der Waals surface area contributed by atoms with E-state index in [-0.39, 0.29) is 6.03 Å². The van der Waals surface area contributed by atoms with Gasteiger partial charge in [0.25, 0.3) is 0 Å². The molecule has 0 bridgehead atoms. The molecule has 1 heterocycles. The van der Waals surface area contributed by atoms with Crippen LogP contribution in [0.1, 0.15) is 19.4 Å². The van der Waals surface area contributed by atoms with Crippen LogP contribution in [0.3, 0.4) is 0 Å². The first-order chi connectivity index (χ1) is 7.50. The number of hydrazone groups is 1. The first kappa shape index (κ1) is 10.7. The molecule has 0 radical (unpaired) electrons. The summed E-state index contributed by atoms with van der Waals surface area (Å²) in [5.41, 5.74) is 1.46. The molecule has 4 heteroatoms. The number of benzene rings is 1. The van der Waals surface area contributed by atoms with Crippen molar-refractivity contribution >= 4 is 11.7 Å². The van der Waals surface area contributed by atoms with Gasteiger partial charge in [-0.1, -0.05) is 30.3 Å². The first-order valence-electron chi connectivity index (χ1n) is 5.21. The molecule has 0 atom stereocenters. The molecule has 1 aromatic carbocycles. The lowest BCUT2D eigenvalue weighted by atomic mass is 9.92. The molecule has 0 aliphatic carbocycles. The maximum absolute atomic E-state index is 11.5. The molecule has 1 aliphatic heterocycles. The van der Waals surface area contributed by atoms with Gasteiger partial charge in [0.2, 0.25) is 0 Å². The zero-order valence-electron chi connectivity index (χ0n) is 9.69. The van der Waals surface area contributed by atoms with E-state index in [2.05, 4.69) is 10.4 Å². The van der Waals surface area contributed by atoms with Crippen LogP contribution in [-0.4, -0.2) is 29.3 Å². The third-order valence-electron chi connectivity index (χ3n) is 2.60. The van der Waals surface area contributed by atoms with Gasteiger partial charge in [0.1, 0.15) is 0 Å². The average molecular weight is 217 g/mol. The number of hydrogen-bond acceptors (Lipinski definition) is 2. The maximum Gasteiger partial charge on any atom is 0.338 e. The van der Waals surface area contributed by atoms with Crippen molar-refractivity contribution in [3.63, 3.8) is 0 Å². The second-order valence-corrected chi connectivity index (χ2v) is 4.39. The summed E-state index contributed by atoms with van der Waals surface area (Å²) in [7, 11) is 1.65. The number of rotatable bonds is 1. The van der Waals surface area contributed by atoms with Crippen molar-refractivity contribution < 1.29 is 4.79 Å². The van der Waals surface area contributed by atoms with Crippen LogP contribution in [-0.2, 0) is 0 Å². The van der Waals surface area contributed by atoms with Gasteiger partial charge in [-0.15, -0.1) is 0 Å². The van der Waals surface area contributed by atoms with Gasteiger partial charge in [-0.3, -0.25) is 0 Å². The van der Waals surface area contributed by atoms with Gasteiger partial charge in [-0.2, -0.15) is 5.10 Å². The van der Waals surface area contributed by atoms with Crippen LogP contribution in [0.25, 0.3) is 0 Å². The second-order valence-electron chi connectivity index (χ2n) is 4.39. The van der Waals surface area contributed by atoms with Gasteiger partial charge >= 0.3 is 6.03 Å². The van der Waals surface area contributed by atoms with Crippen LogP contribution in [0.5, 0.6) is 0 Å². The monoisotopic (exact) mass is 217 g/mol. The Morgan fingerprint density at radius 1 is 1.25 bits per heavy atom. The predicted octanol–water partition coefficient (Wildman–Crippen LogP) is 1.82. The van der Waals surface area contributed by atoms with Crippen LogP contribution < -0.4 is 5.32 Å². The van der Waals surface area contributed by atoms with E-state index >= 15 is 0 Å². The van der Waals surface area contributed by atoms with Gasteiger partial charge in [0.05, 0.1) is 11.3 Å². The minimum atomic E-state index is -0.440. The lowest BCUT2D eigenvalue weighted by Gasteiger charge is -2.34. The Bertz CT molecular complexity index is 437. The summed E-state index contributed by atoms with van der Waals surface area (Å²) in [6.45, 7) is 3.90. The largest absolute Gasteiger partial charge is 0.338 e. The molecule has 0 fully saturated rings. The van der Waals surface area contributed by atoms with E-state index in [0.29, 0.717) is 0 Å². The standard InChI is InChI=1S/C12H15N3O/c1-12(2)10(9-7-5-4-6-8-9)14-15(3)11(16)13-12/h4-8H,1-3H3,(H,13,16). The molecular weight excluding hydrogens is 202 g/mol. The Morgan fingerprint density at radius 2 is 1.88 bits per heavy atom. The maximum atomic E-state index is 11.5. The van der Waals surface area contributed by atoms with Crippen molar-refractivity contribution in [2.75, 3.05) is 7.05 Å². The number of amides is 2. The summed E-state index contributed by atoms with van der Waals surface area (Å²) in [4.78, 5) is 11.5. The molecule has 0 spiro atoms. The van der Waals surface area contributed by atoms with E-state index in [1.165, 1.54) is 5.01 Å². The number of carbonyl (C=O) groups is 1. The van der Waals surface area contributed by atoms with Crippen molar-refractivity contribution in [3.05, 3.63) is 35.9 Å². The summed E-state index contributed by atoms with van der Waals surface area (Å²) in [6.07, 6.45) is 0. The van der Waals surface area contributed by atoms with Gasteiger partial charge in [-0.05, 0) is 13.8 Å². The lowest BCUT2D eigenvalue weighted by Crippen LogP contribution is -2.57. The molecule has 16 heavy (non-hydrogen) atoms. The third kappa shape index (κ3) is 1.78. The SMILES string of the molecule is CN1N=C(c2ccccc2)C(C)(C)NC1=O. The molecule has 84 valence electrons. The molecule has 0 saturated carbocycles. The fraction of sp³-hybridized carbons (Fsp3) is 0.333. The van der Waals surface area contributed by atoms with Crippen molar-refractivity contribution in [3.8, 4) is 0 Å². The van der Waals surface area contributed by atoms with Crippen LogP contribution in [0.2, 0.25) is 0 Å². The van der Waals surface area contributed by atoms with E-state index in [1.54, 1.807) is 7.05 Å². The topological polar surface area (TPSA) is 44.7 Å². The molecule has 0 saturated heterocycles. The summed E-state index contributed by atoms with van der Waals surface area (Å²) in [5.74, 6) is 0. The lowest BCUT2D eigenvalue weighted by molar-refractivity contribution is 0.199. The molecule has 2 amide bonds. The van der Waals surface area contributed by atoms with Crippen LogP contribution in [0, 0.1) is 0 Å². The first-order valence-corrected chi connectivity index (χ1v) is 5.21. The molecule has 4 nitrogen and oxygen atoms in total. The number of nitrogens with zero attached hydrogens (tertiary/aromatic N) is 2. The van der Waals surface area contributed by atoms with Crippen molar-refractivity contribution in [2.45, 2.75) is 19.4 Å². The Kier molecular flexibility index (Phi) is 2.42. The Morgan fingerprint density at radius 3 is 2.50 bits per heavy atom. The van der Waals surface area contributed by atoms with E-state index in [9.17, 15) is 4.79 Å².